The van der Waals surface area contributed by atoms with Crippen molar-refractivity contribution in [1.29, 1.82) is 0 Å². The van der Waals surface area contributed by atoms with E-state index < -0.39 is 40.6 Å². The van der Waals surface area contributed by atoms with Crippen LogP contribution in [0.3, 0.4) is 0 Å². The van der Waals surface area contributed by atoms with Crippen LogP contribution in [0.15, 0.2) is 53.0 Å². The lowest BCUT2D eigenvalue weighted by atomic mass is 9.88. The van der Waals surface area contributed by atoms with Crippen LogP contribution in [0.25, 0.3) is 5.70 Å². The number of nitro groups is 1. The van der Waals surface area contributed by atoms with Crippen LogP contribution in [-0.4, -0.2) is 39.6 Å². The van der Waals surface area contributed by atoms with Crippen LogP contribution in [0.5, 0.6) is 5.75 Å². The van der Waals surface area contributed by atoms with Gasteiger partial charge in [-0.2, -0.15) is 22.0 Å². The zero-order valence-electron chi connectivity index (χ0n) is 17.1. The van der Waals surface area contributed by atoms with Gasteiger partial charge in [0.2, 0.25) is 0 Å². The van der Waals surface area contributed by atoms with Gasteiger partial charge >= 0.3 is 18.0 Å². The Morgan fingerprint density at radius 1 is 1.18 bits per heavy atom. The lowest BCUT2D eigenvalue weighted by Crippen LogP contribution is -2.52. The molecular weight excluding hydrogens is 457 g/mol. The molecule has 2 aromatic rings. The van der Waals surface area contributed by atoms with Crippen molar-refractivity contribution in [2.24, 2.45) is 0 Å². The first-order valence-electron chi connectivity index (χ1n) is 9.29. The van der Waals surface area contributed by atoms with Gasteiger partial charge in [-0.25, -0.2) is 0 Å². The largest absolute Gasteiger partial charge is 0.483 e. The molecule has 1 amide bonds. The maximum absolute atomic E-state index is 13.4. The van der Waals surface area contributed by atoms with Gasteiger partial charge in [-0.1, -0.05) is 6.07 Å². The summed E-state index contributed by atoms with van der Waals surface area (Å²) in [5.41, 5.74) is -2.50. The number of benzene rings is 1. The quantitative estimate of drug-likeness (QED) is 0.407. The number of pyridine rings is 1. The van der Waals surface area contributed by atoms with Crippen molar-refractivity contribution >= 4 is 17.3 Å². The first-order valence-corrected chi connectivity index (χ1v) is 9.29. The van der Waals surface area contributed by atoms with Crippen LogP contribution >= 0.6 is 0 Å². The number of hydrogen-bond donors (Lipinski definition) is 1. The lowest BCUT2D eigenvalue weighted by Gasteiger charge is -2.37. The van der Waals surface area contributed by atoms with Crippen molar-refractivity contribution in [3.05, 3.63) is 74.2 Å². The monoisotopic (exact) mass is 473 g/mol. The highest BCUT2D eigenvalue weighted by Crippen LogP contribution is 2.42. The topological polar surface area (TPSA) is 103 Å². The van der Waals surface area contributed by atoms with Crippen molar-refractivity contribution in [3.63, 3.8) is 0 Å². The predicted molar refractivity (Wildman–Crippen MR) is 105 cm³/mol. The third kappa shape index (κ3) is 4.30. The van der Waals surface area contributed by atoms with E-state index in [9.17, 15) is 41.7 Å². The molecule has 0 aliphatic carbocycles. The highest BCUT2D eigenvalue weighted by Gasteiger charge is 2.63. The zero-order chi connectivity index (χ0) is 24.8. The van der Waals surface area contributed by atoms with E-state index in [1.165, 1.54) is 38.2 Å². The summed E-state index contributed by atoms with van der Waals surface area (Å²) in [6.45, 7) is 2.01. The molecule has 1 aliphatic heterocycles. The fraction of sp³-hybridized carbons (Fsp3) is 0.300. The highest BCUT2D eigenvalue weighted by molar-refractivity contribution is 5.85. The molecule has 0 atom stereocenters. The molecule has 0 saturated heterocycles. The molecule has 0 spiro atoms. The maximum atomic E-state index is 13.4. The number of fused-ring (bicyclic) bond motifs is 1. The van der Waals surface area contributed by atoms with Gasteiger partial charge in [0.15, 0.2) is 0 Å². The molecule has 1 N–H and O–H groups in total. The van der Waals surface area contributed by atoms with Gasteiger partial charge in [-0.3, -0.25) is 24.3 Å². The van der Waals surface area contributed by atoms with Crippen molar-refractivity contribution < 1.29 is 36.4 Å². The van der Waals surface area contributed by atoms with Crippen molar-refractivity contribution in [2.45, 2.75) is 31.5 Å². The van der Waals surface area contributed by atoms with Gasteiger partial charge in [-0.05, 0) is 26.0 Å². The molecule has 8 nitrogen and oxygen atoms in total. The van der Waals surface area contributed by atoms with Gasteiger partial charge in [0.1, 0.15) is 11.4 Å². The van der Waals surface area contributed by atoms with Crippen LogP contribution in [-0.2, 0) is 4.79 Å². The molecule has 0 bridgehead atoms. The molecule has 33 heavy (non-hydrogen) atoms. The third-order valence-corrected chi connectivity index (χ3v) is 4.94. The minimum absolute atomic E-state index is 0.0173. The number of amides is 1. The fourth-order valence-electron chi connectivity index (χ4n) is 3.28. The van der Waals surface area contributed by atoms with E-state index in [-0.39, 0.29) is 28.3 Å². The summed E-state index contributed by atoms with van der Waals surface area (Å²) in [4.78, 5) is 34.7. The molecule has 0 radical (unpaired) electrons. The minimum atomic E-state index is -6.11. The van der Waals surface area contributed by atoms with Crippen molar-refractivity contribution in [1.82, 2.24) is 9.88 Å². The molecular formula is C20H16F5N3O5. The predicted octanol–water partition coefficient (Wildman–Crippen LogP) is 3.50. The van der Waals surface area contributed by atoms with E-state index in [4.69, 9.17) is 4.74 Å². The molecule has 1 aliphatic rings. The summed E-state index contributed by atoms with van der Waals surface area (Å²) in [6, 6.07) is 7.50. The van der Waals surface area contributed by atoms with Crippen LogP contribution < -0.4 is 15.6 Å². The SMILES string of the molecule is CC1(C)Oc2ccc([N+](=O)[O-])cc2C(n2ccccc2=O)=C1CNC(=O)C(F)(F)C(F)(F)F. The molecule has 2 heterocycles. The smallest absolute Gasteiger partial charge is 0.463 e. The summed E-state index contributed by atoms with van der Waals surface area (Å²) in [6.07, 6.45) is -4.83. The Labute approximate surface area is 182 Å². The van der Waals surface area contributed by atoms with Crippen molar-refractivity contribution in [2.75, 3.05) is 6.54 Å². The van der Waals surface area contributed by atoms with Crippen molar-refractivity contribution in [3.8, 4) is 5.75 Å². The number of ether oxygens (including phenoxy) is 1. The van der Waals surface area contributed by atoms with Crippen LogP contribution in [0.2, 0.25) is 0 Å². The van der Waals surface area contributed by atoms with Gasteiger partial charge in [0, 0.05) is 42.1 Å². The number of nitrogens with one attached hydrogen (secondary N) is 1. The number of carbonyl (C=O) groups is 1. The second-order valence-electron chi connectivity index (χ2n) is 7.54. The Balaban J connectivity index is 2.21. The Morgan fingerprint density at radius 3 is 2.42 bits per heavy atom. The number of halogens is 5. The fourth-order valence-corrected chi connectivity index (χ4v) is 3.28. The molecule has 0 saturated carbocycles. The summed E-state index contributed by atoms with van der Waals surface area (Å²) in [5, 5.41) is 12.8. The average molecular weight is 473 g/mol. The molecule has 1 aromatic heterocycles. The molecule has 176 valence electrons. The Hall–Kier alpha value is -3.77. The zero-order valence-corrected chi connectivity index (χ0v) is 17.1. The number of rotatable bonds is 5. The average Bonchev–Trinajstić information content (AvgIpc) is 2.70. The Morgan fingerprint density at radius 2 is 1.85 bits per heavy atom. The van der Waals surface area contributed by atoms with E-state index in [0.29, 0.717) is 0 Å². The van der Waals surface area contributed by atoms with Crippen LogP contribution in [0, 0.1) is 10.1 Å². The normalized spacial score (nSPS) is 15.5. The summed E-state index contributed by atoms with van der Waals surface area (Å²) >= 11 is 0. The summed E-state index contributed by atoms with van der Waals surface area (Å²) < 4.78 is 71.3. The van der Waals surface area contributed by atoms with E-state index >= 15 is 0 Å². The first kappa shape index (κ1) is 23.9. The number of nitro benzene ring substituents is 1. The molecule has 13 heteroatoms. The van der Waals surface area contributed by atoms with Gasteiger partial charge in [-0.15, -0.1) is 0 Å². The first-order chi connectivity index (χ1) is 15.2. The second-order valence-corrected chi connectivity index (χ2v) is 7.54. The molecule has 1 aromatic carbocycles. The highest BCUT2D eigenvalue weighted by atomic mass is 19.4. The lowest BCUT2D eigenvalue weighted by molar-refractivity contribution is -0.384. The van der Waals surface area contributed by atoms with E-state index in [1.807, 2.05) is 0 Å². The second kappa shape index (κ2) is 7.98. The van der Waals surface area contributed by atoms with E-state index in [1.54, 1.807) is 5.32 Å². The molecule has 3 rings (SSSR count). The van der Waals surface area contributed by atoms with E-state index in [2.05, 4.69) is 0 Å². The minimum Gasteiger partial charge on any atom is -0.483 e. The summed E-state index contributed by atoms with van der Waals surface area (Å²) in [5.74, 6) is -8.15. The molecule has 0 fully saturated rings. The van der Waals surface area contributed by atoms with Gasteiger partial charge in [0.05, 0.1) is 10.6 Å². The number of aromatic nitrogens is 1. The van der Waals surface area contributed by atoms with Crippen LogP contribution in [0.1, 0.15) is 19.4 Å². The summed E-state index contributed by atoms with van der Waals surface area (Å²) in [7, 11) is 0. The maximum Gasteiger partial charge on any atom is 0.463 e. The molecule has 0 unspecified atom stereocenters. The number of non-ortho nitro benzene ring substituents is 1. The van der Waals surface area contributed by atoms with Crippen LogP contribution in [0.4, 0.5) is 27.6 Å². The standard InChI is InChI=1S/C20H16F5N3O5/c1-18(2)13(10-26-17(30)19(21,22)20(23,24)25)16(27-8-4-3-5-15(27)29)12-9-11(28(31)32)6-7-14(12)33-18/h3-9H,10H2,1-2H3,(H,26,30). The number of alkyl halides is 5. The van der Waals surface area contributed by atoms with Gasteiger partial charge < -0.3 is 10.1 Å². The Bertz CT molecular complexity index is 1220. The van der Waals surface area contributed by atoms with E-state index in [0.717, 1.165) is 22.8 Å². The Kier molecular flexibility index (Phi) is 5.77. The number of nitrogens with zero attached hydrogens (tertiary/aromatic N) is 2. The number of hydrogen-bond acceptors (Lipinski definition) is 5. The van der Waals surface area contributed by atoms with Gasteiger partial charge in [0.25, 0.3) is 11.2 Å². The third-order valence-electron chi connectivity index (χ3n) is 4.94. The number of carbonyl (C=O) groups excluding carboxylic acids is 1.